The highest BCUT2D eigenvalue weighted by molar-refractivity contribution is 5.85. The van der Waals surface area contributed by atoms with Gasteiger partial charge in [0.1, 0.15) is 0 Å². The summed E-state index contributed by atoms with van der Waals surface area (Å²) in [5, 5.41) is 3.25. The van der Waals surface area contributed by atoms with Crippen LogP contribution in [0.2, 0.25) is 0 Å². The van der Waals surface area contributed by atoms with Crippen LogP contribution in [0.15, 0.2) is 0 Å². The van der Waals surface area contributed by atoms with Gasteiger partial charge in [0.25, 0.3) is 0 Å². The van der Waals surface area contributed by atoms with Gasteiger partial charge in [0.05, 0.1) is 6.10 Å². The number of methoxy groups -OCH3 is 1. The van der Waals surface area contributed by atoms with Crippen molar-refractivity contribution in [3.63, 3.8) is 0 Å². The van der Waals surface area contributed by atoms with Gasteiger partial charge in [0.15, 0.2) is 0 Å². The maximum absolute atomic E-state index is 5.16. The third-order valence-electron chi connectivity index (χ3n) is 1.75. The molecule has 1 saturated heterocycles. The summed E-state index contributed by atoms with van der Waals surface area (Å²) in [6, 6.07) is 0. The Balaban J connectivity index is 0. The molecule has 0 aromatic carbocycles. The SMILES string of the molecule is CO[C@@H]1CNC[C@@H]1C.Cl.O. The van der Waals surface area contributed by atoms with Crippen LogP contribution in [0.5, 0.6) is 0 Å². The average molecular weight is 170 g/mol. The number of ether oxygens (including phenoxy) is 1. The standard InChI is InChI=1S/C6H13NO.ClH.H2O/c1-5-3-7-4-6(5)8-2;;/h5-7H,3-4H2,1-2H3;1H;1H2/t5-,6+;;/m0../s1. The Morgan fingerprint density at radius 1 is 1.40 bits per heavy atom. The van der Waals surface area contributed by atoms with Gasteiger partial charge < -0.3 is 15.5 Å². The normalized spacial score (nSPS) is 30.6. The summed E-state index contributed by atoms with van der Waals surface area (Å²) in [6.07, 6.45) is 0.454. The Labute approximate surface area is 67.9 Å². The van der Waals surface area contributed by atoms with Crippen molar-refractivity contribution in [2.24, 2.45) is 5.92 Å². The Morgan fingerprint density at radius 3 is 2.20 bits per heavy atom. The highest BCUT2D eigenvalue weighted by Crippen LogP contribution is 2.09. The van der Waals surface area contributed by atoms with Crippen LogP contribution in [0.1, 0.15) is 6.92 Å². The molecule has 0 unspecified atom stereocenters. The predicted molar refractivity (Wildman–Crippen MR) is 43.7 cm³/mol. The first-order valence-electron chi connectivity index (χ1n) is 3.08. The zero-order valence-corrected chi connectivity index (χ0v) is 7.20. The second-order valence-electron chi connectivity index (χ2n) is 2.41. The third-order valence-corrected chi connectivity index (χ3v) is 1.75. The first-order valence-corrected chi connectivity index (χ1v) is 3.08. The van der Waals surface area contributed by atoms with Gasteiger partial charge in [0.2, 0.25) is 0 Å². The maximum atomic E-state index is 5.16. The molecule has 0 aromatic heterocycles. The summed E-state index contributed by atoms with van der Waals surface area (Å²) in [5.74, 6) is 0.694. The summed E-state index contributed by atoms with van der Waals surface area (Å²) < 4.78 is 5.16. The molecule has 3 N–H and O–H groups in total. The smallest absolute Gasteiger partial charge is 0.0733 e. The monoisotopic (exact) mass is 169 g/mol. The Bertz CT molecular complexity index is 82.1. The number of hydrogen-bond acceptors (Lipinski definition) is 2. The summed E-state index contributed by atoms with van der Waals surface area (Å²) in [7, 11) is 1.77. The fourth-order valence-electron chi connectivity index (χ4n) is 1.10. The molecule has 0 spiro atoms. The van der Waals surface area contributed by atoms with Crippen LogP contribution in [-0.2, 0) is 4.74 Å². The van der Waals surface area contributed by atoms with Crippen molar-refractivity contribution in [3.8, 4) is 0 Å². The lowest BCUT2D eigenvalue weighted by Gasteiger charge is -2.09. The molecule has 0 saturated carbocycles. The summed E-state index contributed by atoms with van der Waals surface area (Å²) >= 11 is 0. The van der Waals surface area contributed by atoms with Gasteiger partial charge in [0, 0.05) is 20.2 Å². The van der Waals surface area contributed by atoms with Crippen LogP contribution in [-0.4, -0.2) is 31.8 Å². The molecule has 4 heteroatoms. The van der Waals surface area contributed by atoms with Crippen molar-refractivity contribution in [2.45, 2.75) is 13.0 Å². The van der Waals surface area contributed by atoms with Crippen LogP contribution in [0.25, 0.3) is 0 Å². The lowest BCUT2D eigenvalue weighted by Crippen LogP contribution is -2.18. The Morgan fingerprint density at radius 2 is 2.00 bits per heavy atom. The van der Waals surface area contributed by atoms with Gasteiger partial charge in [-0.15, -0.1) is 12.4 Å². The number of rotatable bonds is 1. The molecule has 0 aliphatic carbocycles. The minimum Gasteiger partial charge on any atom is -0.412 e. The number of nitrogens with one attached hydrogen (secondary N) is 1. The number of hydrogen-bond donors (Lipinski definition) is 1. The molecule has 1 rings (SSSR count). The molecule has 10 heavy (non-hydrogen) atoms. The van der Waals surface area contributed by atoms with Crippen molar-refractivity contribution >= 4 is 12.4 Å². The van der Waals surface area contributed by atoms with Gasteiger partial charge in [-0.2, -0.15) is 0 Å². The van der Waals surface area contributed by atoms with E-state index in [9.17, 15) is 0 Å². The first-order chi connectivity index (χ1) is 3.84. The molecule has 1 fully saturated rings. The summed E-state index contributed by atoms with van der Waals surface area (Å²) in [6.45, 7) is 4.34. The first kappa shape index (κ1) is 12.8. The van der Waals surface area contributed by atoms with E-state index in [1.165, 1.54) is 0 Å². The molecule has 0 amide bonds. The third kappa shape index (κ3) is 2.84. The zero-order chi connectivity index (χ0) is 5.98. The van der Waals surface area contributed by atoms with Gasteiger partial charge in [-0.1, -0.05) is 6.92 Å². The van der Waals surface area contributed by atoms with E-state index >= 15 is 0 Å². The van der Waals surface area contributed by atoms with E-state index in [1.807, 2.05) is 0 Å². The largest absolute Gasteiger partial charge is 0.412 e. The van der Waals surface area contributed by atoms with Crippen LogP contribution < -0.4 is 5.32 Å². The molecule has 1 aliphatic rings. The minimum atomic E-state index is 0. The van der Waals surface area contributed by atoms with Gasteiger partial charge in [-0.3, -0.25) is 0 Å². The molecule has 2 atom stereocenters. The minimum absolute atomic E-state index is 0. The molecule has 3 nitrogen and oxygen atoms in total. The molecule has 1 heterocycles. The number of halogens is 1. The lowest BCUT2D eigenvalue weighted by atomic mass is 10.1. The van der Waals surface area contributed by atoms with Crippen molar-refractivity contribution in [1.82, 2.24) is 5.32 Å². The van der Waals surface area contributed by atoms with Gasteiger partial charge in [-0.05, 0) is 5.92 Å². The molecular weight excluding hydrogens is 154 g/mol. The van der Waals surface area contributed by atoms with Crippen molar-refractivity contribution in [2.75, 3.05) is 20.2 Å². The molecule has 64 valence electrons. The van der Waals surface area contributed by atoms with Gasteiger partial charge in [-0.25, -0.2) is 0 Å². The van der Waals surface area contributed by atoms with Crippen LogP contribution in [0.4, 0.5) is 0 Å². The van der Waals surface area contributed by atoms with Gasteiger partial charge >= 0.3 is 0 Å². The van der Waals surface area contributed by atoms with Crippen molar-refractivity contribution in [3.05, 3.63) is 0 Å². The molecule has 0 radical (unpaired) electrons. The second kappa shape index (κ2) is 5.92. The van der Waals surface area contributed by atoms with Crippen LogP contribution >= 0.6 is 12.4 Å². The molecular formula is C6H16ClNO2. The fourth-order valence-corrected chi connectivity index (χ4v) is 1.10. The highest BCUT2D eigenvalue weighted by Gasteiger charge is 2.21. The van der Waals surface area contributed by atoms with Crippen LogP contribution in [0, 0.1) is 5.92 Å². The quantitative estimate of drug-likeness (QED) is 0.593. The van der Waals surface area contributed by atoms with Crippen molar-refractivity contribution in [1.29, 1.82) is 0 Å². The van der Waals surface area contributed by atoms with E-state index in [1.54, 1.807) is 7.11 Å². The van der Waals surface area contributed by atoms with E-state index in [0.717, 1.165) is 13.1 Å². The Kier molecular flexibility index (Phi) is 7.58. The zero-order valence-electron chi connectivity index (χ0n) is 6.39. The summed E-state index contributed by atoms with van der Waals surface area (Å²) in [4.78, 5) is 0. The van der Waals surface area contributed by atoms with Crippen molar-refractivity contribution < 1.29 is 10.2 Å². The maximum Gasteiger partial charge on any atom is 0.0733 e. The lowest BCUT2D eigenvalue weighted by molar-refractivity contribution is 0.0892. The molecule has 0 aromatic rings. The predicted octanol–water partition coefficient (Wildman–Crippen LogP) is -0.162. The molecule has 0 bridgehead atoms. The van der Waals surface area contributed by atoms with E-state index < -0.39 is 0 Å². The highest BCUT2D eigenvalue weighted by atomic mass is 35.5. The van der Waals surface area contributed by atoms with E-state index in [4.69, 9.17) is 4.74 Å². The van der Waals surface area contributed by atoms with Crippen LogP contribution in [0.3, 0.4) is 0 Å². The fraction of sp³-hybridized carbons (Fsp3) is 1.00. The van der Waals surface area contributed by atoms with E-state index in [2.05, 4.69) is 12.2 Å². The summed E-state index contributed by atoms with van der Waals surface area (Å²) in [5.41, 5.74) is 0. The molecule has 1 aliphatic heterocycles. The average Bonchev–Trinajstić information content (AvgIpc) is 2.14. The second-order valence-corrected chi connectivity index (χ2v) is 2.41. The van der Waals surface area contributed by atoms with E-state index in [-0.39, 0.29) is 17.9 Å². The van der Waals surface area contributed by atoms with E-state index in [0.29, 0.717) is 12.0 Å². The Hall–Kier alpha value is 0.170. The topological polar surface area (TPSA) is 52.8 Å².